The molecule has 3 aromatic carbocycles. The van der Waals surface area contributed by atoms with Gasteiger partial charge in [-0.2, -0.15) is 10.2 Å². The van der Waals surface area contributed by atoms with E-state index in [9.17, 15) is 5.26 Å². The lowest BCUT2D eigenvalue weighted by atomic mass is 10.0. The second kappa shape index (κ2) is 7.63. The smallest absolute Gasteiger partial charge is 0.232 e. The molecule has 0 aliphatic rings. The summed E-state index contributed by atoms with van der Waals surface area (Å²) < 4.78 is 11.5. The first kappa shape index (κ1) is 16.7. The third kappa shape index (κ3) is 3.60. The molecule has 0 fully saturated rings. The third-order valence-corrected chi connectivity index (χ3v) is 4.15. The van der Waals surface area contributed by atoms with Crippen molar-refractivity contribution in [3.63, 3.8) is 0 Å². The first-order valence-electron chi connectivity index (χ1n) is 8.66. The van der Waals surface area contributed by atoms with Crippen molar-refractivity contribution in [1.29, 1.82) is 5.26 Å². The van der Waals surface area contributed by atoms with Gasteiger partial charge in [0.05, 0.1) is 6.54 Å². The van der Waals surface area contributed by atoms with Crippen molar-refractivity contribution < 1.29 is 9.15 Å². The molecule has 1 N–H and O–H groups in total. The molecular formula is C22H17N3O2. The second-order valence-electron chi connectivity index (χ2n) is 5.92. The van der Waals surface area contributed by atoms with Gasteiger partial charge in [0.1, 0.15) is 18.4 Å². The zero-order valence-electron chi connectivity index (χ0n) is 14.6. The molecule has 0 radical (unpaired) electrons. The Kier molecular flexibility index (Phi) is 4.71. The molecule has 0 aliphatic carbocycles. The lowest BCUT2D eigenvalue weighted by molar-refractivity contribution is 0.331. The van der Waals surface area contributed by atoms with E-state index < -0.39 is 0 Å². The normalized spacial score (nSPS) is 10.5. The van der Waals surface area contributed by atoms with Gasteiger partial charge in [0.25, 0.3) is 0 Å². The van der Waals surface area contributed by atoms with Gasteiger partial charge in [-0.05, 0) is 29.0 Å². The van der Waals surface area contributed by atoms with Crippen molar-refractivity contribution in [2.45, 2.75) is 0 Å². The Labute approximate surface area is 156 Å². The van der Waals surface area contributed by atoms with Gasteiger partial charge in [-0.3, -0.25) is 0 Å². The summed E-state index contributed by atoms with van der Waals surface area (Å²) in [6, 6.07) is 25.6. The first-order chi connectivity index (χ1) is 13.3. The largest absolute Gasteiger partial charge is 0.492 e. The van der Waals surface area contributed by atoms with Crippen molar-refractivity contribution in [3.8, 4) is 23.3 Å². The predicted octanol–water partition coefficient (Wildman–Crippen LogP) is 4.86. The average molecular weight is 355 g/mol. The molecular weight excluding hydrogens is 338 g/mol. The van der Waals surface area contributed by atoms with E-state index in [0.29, 0.717) is 24.9 Å². The fourth-order valence-electron chi connectivity index (χ4n) is 2.89. The maximum Gasteiger partial charge on any atom is 0.232 e. The minimum Gasteiger partial charge on any atom is -0.492 e. The maximum absolute atomic E-state index is 9.38. The fourth-order valence-corrected chi connectivity index (χ4v) is 2.89. The van der Waals surface area contributed by atoms with E-state index in [1.165, 1.54) is 0 Å². The van der Waals surface area contributed by atoms with Crippen LogP contribution in [0.2, 0.25) is 0 Å². The maximum atomic E-state index is 9.38. The number of benzene rings is 3. The molecule has 0 aliphatic heterocycles. The first-order valence-corrected chi connectivity index (χ1v) is 8.66. The second-order valence-corrected chi connectivity index (χ2v) is 5.92. The minimum absolute atomic E-state index is 0.234. The van der Waals surface area contributed by atoms with Gasteiger partial charge in [-0.1, -0.05) is 54.6 Å². The highest BCUT2D eigenvalue weighted by Crippen LogP contribution is 2.31. The summed E-state index contributed by atoms with van der Waals surface area (Å²) in [4.78, 5) is 4.35. The van der Waals surface area contributed by atoms with Crippen LogP contribution in [-0.4, -0.2) is 18.1 Å². The molecule has 0 saturated heterocycles. The Hall–Kier alpha value is -3.78. The van der Waals surface area contributed by atoms with Crippen molar-refractivity contribution in [2.75, 3.05) is 18.5 Å². The van der Waals surface area contributed by atoms with E-state index in [1.54, 1.807) is 0 Å². The zero-order valence-corrected chi connectivity index (χ0v) is 14.6. The van der Waals surface area contributed by atoms with E-state index in [1.807, 2.05) is 72.8 Å². The van der Waals surface area contributed by atoms with Crippen molar-refractivity contribution in [3.05, 3.63) is 78.5 Å². The van der Waals surface area contributed by atoms with Gasteiger partial charge < -0.3 is 14.5 Å². The number of oxazole rings is 1. The quantitative estimate of drug-likeness (QED) is 0.500. The highest BCUT2D eigenvalue weighted by atomic mass is 16.5. The number of ether oxygens (including phenoxy) is 1. The molecule has 132 valence electrons. The van der Waals surface area contributed by atoms with Crippen LogP contribution in [0.4, 0.5) is 5.88 Å². The Morgan fingerprint density at radius 1 is 0.963 bits per heavy atom. The number of nitrogens with zero attached hydrogens (tertiary/aromatic N) is 2. The fraction of sp³-hybridized carbons (Fsp3) is 0.0909. The van der Waals surface area contributed by atoms with E-state index in [0.717, 1.165) is 22.1 Å². The molecule has 0 saturated carbocycles. The van der Waals surface area contributed by atoms with E-state index in [4.69, 9.17) is 9.15 Å². The summed E-state index contributed by atoms with van der Waals surface area (Å²) in [7, 11) is 0. The van der Waals surface area contributed by atoms with Crippen LogP contribution in [0.1, 0.15) is 5.69 Å². The monoisotopic (exact) mass is 355 g/mol. The predicted molar refractivity (Wildman–Crippen MR) is 105 cm³/mol. The summed E-state index contributed by atoms with van der Waals surface area (Å²) in [5, 5.41) is 14.6. The van der Waals surface area contributed by atoms with Crippen LogP contribution >= 0.6 is 0 Å². The Balaban J connectivity index is 1.51. The van der Waals surface area contributed by atoms with Crippen LogP contribution in [0.25, 0.3) is 22.2 Å². The molecule has 5 nitrogen and oxygen atoms in total. The molecule has 0 unspecified atom stereocenters. The van der Waals surface area contributed by atoms with Gasteiger partial charge in [-0.15, -0.1) is 0 Å². The van der Waals surface area contributed by atoms with E-state index in [2.05, 4.69) is 16.4 Å². The number of anilines is 1. The Morgan fingerprint density at radius 2 is 1.74 bits per heavy atom. The number of nitriles is 1. The number of nitrogens with one attached hydrogen (secondary N) is 1. The van der Waals surface area contributed by atoms with E-state index in [-0.39, 0.29) is 5.69 Å². The van der Waals surface area contributed by atoms with Crippen LogP contribution in [-0.2, 0) is 0 Å². The van der Waals surface area contributed by atoms with Crippen LogP contribution < -0.4 is 10.1 Å². The lowest BCUT2D eigenvalue weighted by Crippen LogP contribution is -2.11. The molecule has 4 aromatic rings. The van der Waals surface area contributed by atoms with Gasteiger partial charge in [0.15, 0.2) is 0 Å². The van der Waals surface area contributed by atoms with Crippen LogP contribution in [0, 0.1) is 11.3 Å². The van der Waals surface area contributed by atoms with Gasteiger partial charge in [-0.25, -0.2) is 0 Å². The van der Waals surface area contributed by atoms with Gasteiger partial charge >= 0.3 is 0 Å². The molecule has 4 rings (SSSR count). The number of rotatable bonds is 6. The molecule has 27 heavy (non-hydrogen) atoms. The Morgan fingerprint density at radius 3 is 2.59 bits per heavy atom. The minimum atomic E-state index is 0.234. The number of para-hydroxylation sites is 1. The summed E-state index contributed by atoms with van der Waals surface area (Å²) in [6.07, 6.45) is 0. The molecule has 0 bridgehead atoms. The summed E-state index contributed by atoms with van der Waals surface area (Å²) >= 11 is 0. The van der Waals surface area contributed by atoms with Crippen molar-refractivity contribution in [2.24, 2.45) is 0 Å². The number of aromatic nitrogens is 1. The Bertz CT molecular complexity index is 1090. The van der Waals surface area contributed by atoms with Gasteiger partial charge in [0.2, 0.25) is 17.5 Å². The molecule has 0 atom stereocenters. The standard InChI is InChI=1S/C22H17N3O2/c23-15-20-22(24-13-14-26-17-9-2-1-3-10-17)27-21(25-20)19-12-6-8-16-7-4-5-11-18(16)19/h1-12,24H,13-14H2. The highest BCUT2D eigenvalue weighted by Gasteiger charge is 2.16. The molecule has 0 amide bonds. The topological polar surface area (TPSA) is 71.1 Å². The van der Waals surface area contributed by atoms with Crippen molar-refractivity contribution >= 4 is 16.7 Å². The van der Waals surface area contributed by atoms with Crippen LogP contribution in [0.15, 0.2) is 77.2 Å². The van der Waals surface area contributed by atoms with E-state index >= 15 is 0 Å². The molecule has 1 aromatic heterocycles. The number of hydrogen-bond donors (Lipinski definition) is 1. The number of hydrogen-bond acceptors (Lipinski definition) is 5. The summed E-state index contributed by atoms with van der Waals surface area (Å²) in [6.45, 7) is 0.937. The molecule has 5 heteroatoms. The SMILES string of the molecule is N#Cc1nc(-c2cccc3ccccc23)oc1NCCOc1ccccc1. The van der Waals surface area contributed by atoms with Crippen LogP contribution in [0.3, 0.4) is 0 Å². The summed E-state index contributed by atoms with van der Waals surface area (Å²) in [5.74, 6) is 1.58. The molecule has 0 spiro atoms. The number of fused-ring (bicyclic) bond motifs is 1. The third-order valence-electron chi connectivity index (χ3n) is 4.15. The van der Waals surface area contributed by atoms with Crippen molar-refractivity contribution in [1.82, 2.24) is 4.98 Å². The summed E-state index contributed by atoms with van der Waals surface area (Å²) in [5.41, 5.74) is 1.09. The zero-order chi connectivity index (χ0) is 18.5. The average Bonchev–Trinajstić information content (AvgIpc) is 3.14. The van der Waals surface area contributed by atoms with Crippen LogP contribution in [0.5, 0.6) is 5.75 Å². The highest BCUT2D eigenvalue weighted by molar-refractivity contribution is 5.94. The molecule has 1 heterocycles. The lowest BCUT2D eigenvalue weighted by Gasteiger charge is -2.06. The van der Waals surface area contributed by atoms with Gasteiger partial charge in [0, 0.05) is 5.56 Å².